The van der Waals surface area contributed by atoms with Crippen LogP contribution in [-0.4, -0.2) is 75.5 Å². The highest BCUT2D eigenvalue weighted by molar-refractivity contribution is 6.27. The molecule has 126 heavy (non-hydrogen) atoms. The number of hydrogen-bond donors (Lipinski definition) is 0. The van der Waals surface area contributed by atoms with Gasteiger partial charge in [0.1, 0.15) is 67.9 Å². The van der Waals surface area contributed by atoms with Crippen LogP contribution < -0.4 is 56.8 Å². The number of ether oxygens (including phenoxy) is 12. The number of para-hydroxylation sites is 6. The quantitative estimate of drug-likeness (QED) is 0.0150. The van der Waals surface area contributed by atoms with Crippen LogP contribution >= 0.6 is 0 Å². The molecule has 18 nitrogen and oxygen atoms in total. The van der Waals surface area contributed by atoms with E-state index in [0.717, 1.165) is 231 Å². The minimum atomic E-state index is -0.860. The van der Waals surface area contributed by atoms with Crippen LogP contribution in [0.5, 0.6) is 69.0 Å². The average Bonchev–Trinajstić information content (AvgIpc) is 0.720. The van der Waals surface area contributed by atoms with Crippen molar-refractivity contribution in [3.63, 3.8) is 0 Å². The van der Waals surface area contributed by atoms with Gasteiger partial charge in [0.2, 0.25) is 0 Å². The Kier molecular flexibility index (Phi) is 41.9. The Labute approximate surface area is 746 Å². The van der Waals surface area contributed by atoms with Crippen molar-refractivity contribution in [1.29, 1.82) is 0 Å². The zero-order valence-electron chi connectivity index (χ0n) is 75.4. The predicted octanol–water partition coefficient (Wildman–Crippen LogP) is 28.9. The van der Waals surface area contributed by atoms with Crippen LogP contribution in [0.4, 0.5) is 0 Å². The molecular formula is C108H132O18. The van der Waals surface area contributed by atoms with Crippen molar-refractivity contribution in [3.05, 3.63) is 215 Å². The van der Waals surface area contributed by atoms with Gasteiger partial charge in [0, 0.05) is 0 Å². The van der Waals surface area contributed by atoms with E-state index in [1.807, 2.05) is 0 Å². The van der Waals surface area contributed by atoms with Crippen LogP contribution in [0.3, 0.4) is 0 Å². The van der Waals surface area contributed by atoms with Gasteiger partial charge in [-0.3, -0.25) is 0 Å². The normalized spacial score (nSPS) is 11.2. The highest BCUT2D eigenvalue weighted by Gasteiger charge is 2.30. The SMILES string of the molecule is CCCCCCCCOc1ccccc1C(=O)Oc1cc2c3cc(OC(=O)c4ccccc4OCCCCCCCC)c(OC(=O)c4ccccc4OCCCCCCCC)cc3c3cc(OC(=O)c4ccccc4OCCCCCCCC)c(OC(=O)c4ccccc4OCCCCCCCC)cc3c2cc1OC(=O)c1ccccc1OCCCCCCCC. The smallest absolute Gasteiger partial charge is 0.347 e. The summed E-state index contributed by atoms with van der Waals surface area (Å²) in [6.07, 6.45) is 36.5. The minimum absolute atomic E-state index is 0.0823. The minimum Gasteiger partial charge on any atom is -0.493 e. The van der Waals surface area contributed by atoms with Gasteiger partial charge in [-0.15, -0.1) is 0 Å². The van der Waals surface area contributed by atoms with Crippen molar-refractivity contribution in [2.75, 3.05) is 39.6 Å². The molecule has 0 aliphatic heterocycles. The van der Waals surface area contributed by atoms with Crippen molar-refractivity contribution in [2.24, 2.45) is 0 Å². The van der Waals surface area contributed by atoms with E-state index in [-0.39, 0.29) is 135 Å². The largest absolute Gasteiger partial charge is 0.493 e. The molecule has 10 aromatic rings. The van der Waals surface area contributed by atoms with E-state index in [1.165, 1.54) is 36.4 Å². The Morgan fingerprint density at radius 2 is 0.294 bits per heavy atom. The highest BCUT2D eigenvalue weighted by Crippen LogP contribution is 2.49. The molecule has 0 spiro atoms. The zero-order valence-corrected chi connectivity index (χ0v) is 75.4. The molecule has 0 amide bonds. The lowest BCUT2D eigenvalue weighted by Crippen LogP contribution is -2.15. The van der Waals surface area contributed by atoms with Gasteiger partial charge >= 0.3 is 35.8 Å². The third kappa shape index (κ3) is 29.9. The van der Waals surface area contributed by atoms with Gasteiger partial charge in [-0.1, -0.05) is 307 Å². The van der Waals surface area contributed by atoms with E-state index in [2.05, 4.69) is 41.5 Å². The fourth-order valence-corrected chi connectivity index (χ4v) is 15.4. The molecule has 0 saturated heterocycles. The summed E-state index contributed by atoms with van der Waals surface area (Å²) < 4.78 is 78.0. The maximum absolute atomic E-state index is 15.4. The third-order valence-corrected chi connectivity index (χ3v) is 22.5. The number of carbonyl (C=O) groups is 6. The molecule has 0 radical (unpaired) electrons. The van der Waals surface area contributed by atoms with Crippen LogP contribution in [0.1, 0.15) is 335 Å². The summed E-state index contributed by atoms with van der Waals surface area (Å²) in [4.78, 5) is 92.4. The molecule has 0 aliphatic carbocycles. The van der Waals surface area contributed by atoms with E-state index in [1.54, 1.807) is 146 Å². The van der Waals surface area contributed by atoms with Crippen LogP contribution in [0.15, 0.2) is 182 Å². The number of hydrogen-bond acceptors (Lipinski definition) is 18. The van der Waals surface area contributed by atoms with E-state index >= 15 is 28.8 Å². The van der Waals surface area contributed by atoms with Gasteiger partial charge in [0.05, 0.1) is 39.6 Å². The Morgan fingerprint density at radius 3 is 0.437 bits per heavy atom. The number of rotatable bonds is 60. The second-order valence-corrected chi connectivity index (χ2v) is 32.5. The fraction of sp³-hybridized carbons (Fsp3) is 0.444. The highest BCUT2D eigenvalue weighted by atomic mass is 16.6. The number of fused-ring (bicyclic) bond motifs is 6. The molecule has 0 aromatic heterocycles. The first kappa shape index (κ1) is 96.8. The first-order chi connectivity index (χ1) is 61.9. The van der Waals surface area contributed by atoms with Crippen LogP contribution in [-0.2, 0) is 0 Å². The van der Waals surface area contributed by atoms with Gasteiger partial charge in [0.25, 0.3) is 0 Å². The summed E-state index contributed by atoms with van der Waals surface area (Å²) in [5.74, 6) is -4.99. The molecule has 0 bridgehead atoms. The topological polar surface area (TPSA) is 213 Å². The van der Waals surface area contributed by atoms with E-state index in [4.69, 9.17) is 56.8 Å². The maximum atomic E-state index is 15.4. The Balaban J connectivity index is 1.22. The van der Waals surface area contributed by atoms with Crippen molar-refractivity contribution >= 4 is 68.1 Å². The molecule has 0 N–H and O–H groups in total. The molecule has 0 atom stereocenters. The van der Waals surface area contributed by atoms with Crippen LogP contribution in [0.25, 0.3) is 32.3 Å². The van der Waals surface area contributed by atoms with Crippen LogP contribution in [0, 0.1) is 0 Å². The predicted molar refractivity (Wildman–Crippen MR) is 501 cm³/mol. The number of unbranched alkanes of at least 4 members (excludes halogenated alkanes) is 30. The van der Waals surface area contributed by atoms with Crippen LogP contribution in [0.2, 0.25) is 0 Å². The molecule has 0 saturated carbocycles. The molecule has 10 aromatic carbocycles. The molecule has 0 fully saturated rings. The second-order valence-electron chi connectivity index (χ2n) is 32.5. The van der Waals surface area contributed by atoms with Gasteiger partial charge in [-0.25, -0.2) is 28.8 Å². The lowest BCUT2D eigenvalue weighted by molar-refractivity contribution is 0.0677. The third-order valence-electron chi connectivity index (χ3n) is 22.5. The average molecular weight is 1720 g/mol. The molecule has 10 rings (SSSR count). The second kappa shape index (κ2) is 54.5. The molecule has 0 heterocycles. The Bertz CT molecular complexity index is 4240. The summed E-state index contributed by atoms with van der Waals surface area (Å²) in [6.45, 7) is 15.0. The summed E-state index contributed by atoms with van der Waals surface area (Å²) in [6, 6.07) is 49.9. The monoisotopic (exact) mass is 1720 g/mol. The van der Waals surface area contributed by atoms with E-state index < -0.39 is 35.8 Å². The number of benzene rings is 10. The summed E-state index contributed by atoms with van der Waals surface area (Å²) >= 11 is 0. The lowest BCUT2D eigenvalue weighted by Gasteiger charge is -2.20. The molecular weight excluding hydrogens is 1590 g/mol. The maximum Gasteiger partial charge on any atom is 0.347 e. The molecule has 0 unspecified atom stereocenters. The zero-order chi connectivity index (χ0) is 88.7. The summed E-state index contributed by atoms with van der Waals surface area (Å²) in [5.41, 5.74) is 0.494. The van der Waals surface area contributed by atoms with Crippen molar-refractivity contribution in [2.45, 2.75) is 273 Å². The fourth-order valence-electron chi connectivity index (χ4n) is 15.4. The summed E-state index contributed by atoms with van der Waals surface area (Å²) in [5, 5.41) is 1.63. The van der Waals surface area contributed by atoms with Gasteiger partial charge in [-0.05, 0) is 180 Å². The van der Waals surface area contributed by atoms with Gasteiger partial charge in [0.15, 0.2) is 34.5 Å². The summed E-state index contributed by atoms with van der Waals surface area (Å²) in [7, 11) is 0. The standard InChI is InChI=1S/C108H132O18/c1-7-13-19-25-31-49-67-115-91-61-43-37-55-79(91)103(109)121-97-73-85-86(74-98(97)122-104(110)80-56-38-44-62-92(80)116-68-50-32-26-20-14-8-2)88-76-100(124-106(112)82-58-40-46-64-94(82)118-70-52-34-28-22-16-10-4)102(126-108(114)84-60-42-48-66-96(84)120-72-54-36-30-24-18-12-6)78-90(88)89-77-101(125-107(113)83-59-41-47-65-95(83)119-71-53-35-29-23-17-11-5)99(75-87(85)89)123-105(111)81-57-39-45-63-93(81)117-69-51-33-27-21-15-9-3/h37-48,55-66,73-78H,7-36,49-54,67-72H2,1-6H3. The molecule has 672 valence electrons. The van der Waals surface area contributed by atoms with Gasteiger partial charge < -0.3 is 56.8 Å². The van der Waals surface area contributed by atoms with Crippen molar-refractivity contribution in [3.8, 4) is 69.0 Å². The van der Waals surface area contributed by atoms with Gasteiger partial charge in [-0.2, -0.15) is 0 Å². The first-order valence-corrected chi connectivity index (χ1v) is 47.1. The lowest BCUT2D eigenvalue weighted by atomic mass is 9.93. The van der Waals surface area contributed by atoms with Crippen molar-refractivity contribution in [1.82, 2.24) is 0 Å². The Morgan fingerprint density at radius 1 is 0.167 bits per heavy atom. The first-order valence-electron chi connectivity index (χ1n) is 47.1. The molecule has 18 heteroatoms. The number of esters is 6. The van der Waals surface area contributed by atoms with Crippen molar-refractivity contribution < 1.29 is 85.6 Å². The van der Waals surface area contributed by atoms with E-state index in [0.29, 0.717) is 39.6 Å². The number of carbonyl (C=O) groups excluding carboxylic acids is 6. The van der Waals surface area contributed by atoms with E-state index in [9.17, 15) is 0 Å². The Hall–Kier alpha value is -11.4. The molecule has 0 aliphatic rings.